The molecule has 0 radical (unpaired) electrons. The number of sulfonamides is 2. The molecule has 3 heterocycles. The number of amides is 1. The molecule has 0 aliphatic carbocycles. The fraction of sp³-hybridized carbons (Fsp3) is 0.143. The van der Waals surface area contributed by atoms with Crippen LogP contribution in [0.5, 0.6) is 0 Å². The van der Waals surface area contributed by atoms with Gasteiger partial charge < -0.3 is 9.88 Å². The third-order valence-electron chi connectivity index (χ3n) is 4.66. The Hall–Kier alpha value is -3.20. The molecule has 1 aromatic carbocycles. The lowest BCUT2D eigenvalue weighted by molar-refractivity contribution is 0.0952. The molecule has 14 heteroatoms. The number of nitrogens with one attached hydrogen (secondary N) is 3. The largest absolute Gasteiger partial charge is 0.352 e. The Morgan fingerprint density at radius 2 is 1.51 bits per heavy atom. The Bertz CT molecular complexity index is 1400. The van der Waals surface area contributed by atoms with E-state index < -0.39 is 26.0 Å². The maximum absolute atomic E-state index is 12.8. The molecule has 3 N–H and O–H groups in total. The molecule has 0 spiro atoms. The highest BCUT2D eigenvalue weighted by molar-refractivity contribution is 7.95. The Balaban J connectivity index is 1.56. The first-order valence-corrected chi connectivity index (χ1v) is 15.0. The summed E-state index contributed by atoms with van der Waals surface area (Å²) in [6.07, 6.45) is 5.80. The van der Waals surface area contributed by atoms with Crippen LogP contribution in [-0.4, -0.2) is 38.8 Å². The van der Waals surface area contributed by atoms with Crippen molar-refractivity contribution in [3.63, 3.8) is 0 Å². The maximum Gasteiger partial charge on any atom is 0.271 e. The molecule has 0 saturated carbocycles. The van der Waals surface area contributed by atoms with Gasteiger partial charge in [0, 0.05) is 31.0 Å². The van der Waals surface area contributed by atoms with Gasteiger partial charge >= 0.3 is 0 Å². The standard InChI is InChI=1S/C21H21N5O5S4/c27-21(23-6-3-8-26-9-7-22-15-26)16-12-17(24-34(28,29)19-4-1-10-32-19)14-18(13-16)25-35(30,31)20-5-2-11-33-20/h1-2,4-5,7,9-15,24-25H,3,6,8H2,(H,23,27). The van der Waals surface area contributed by atoms with Crippen molar-refractivity contribution in [2.24, 2.45) is 0 Å². The van der Waals surface area contributed by atoms with Crippen LogP contribution in [0.3, 0.4) is 0 Å². The predicted octanol–water partition coefficient (Wildman–Crippen LogP) is 3.43. The van der Waals surface area contributed by atoms with Gasteiger partial charge in [-0.25, -0.2) is 21.8 Å². The summed E-state index contributed by atoms with van der Waals surface area (Å²) in [5.41, 5.74) is 0.199. The number of benzene rings is 1. The molecular weight excluding hydrogens is 531 g/mol. The molecule has 0 atom stereocenters. The Morgan fingerprint density at radius 1 is 0.914 bits per heavy atom. The number of rotatable bonds is 11. The van der Waals surface area contributed by atoms with Crippen LogP contribution >= 0.6 is 22.7 Å². The molecule has 3 aromatic heterocycles. The summed E-state index contributed by atoms with van der Waals surface area (Å²) >= 11 is 2.08. The number of imidazole rings is 1. The van der Waals surface area contributed by atoms with Crippen molar-refractivity contribution in [1.29, 1.82) is 0 Å². The van der Waals surface area contributed by atoms with E-state index in [2.05, 4.69) is 19.7 Å². The highest BCUT2D eigenvalue weighted by Crippen LogP contribution is 2.27. The van der Waals surface area contributed by atoms with E-state index in [0.717, 1.165) is 22.7 Å². The molecule has 0 aliphatic heterocycles. The highest BCUT2D eigenvalue weighted by atomic mass is 32.3. The third-order valence-corrected chi connectivity index (χ3v) is 10.2. The molecule has 0 aliphatic rings. The monoisotopic (exact) mass is 551 g/mol. The molecule has 0 saturated heterocycles. The molecule has 35 heavy (non-hydrogen) atoms. The number of carbonyl (C=O) groups excluding carboxylic acids is 1. The molecule has 1 amide bonds. The van der Waals surface area contributed by atoms with Crippen LogP contribution in [0, 0.1) is 0 Å². The minimum absolute atomic E-state index is 0.0494. The molecule has 4 aromatic rings. The number of hydrogen-bond donors (Lipinski definition) is 3. The lowest BCUT2D eigenvalue weighted by atomic mass is 10.1. The zero-order chi connectivity index (χ0) is 24.9. The molecule has 10 nitrogen and oxygen atoms in total. The van der Waals surface area contributed by atoms with E-state index in [9.17, 15) is 21.6 Å². The zero-order valence-corrected chi connectivity index (χ0v) is 21.4. The maximum atomic E-state index is 12.8. The Morgan fingerprint density at radius 3 is 2.00 bits per heavy atom. The third kappa shape index (κ3) is 6.48. The topological polar surface area (TPSA) is 139 Å². The van der Waals surface area contributed by atoms with Crippen LogP contribution in [-0.2, 0) is 26.6 Å². The normalized spacial score (nSPS) is 11.8. The van der Waals surface area contributed by atoms with Crippen molar-refractivity contribution in [2.75, 3.05) is 16.0 Å². The summed E-state index contributed by atoms with van der Waals surface area (Å²) in [6, 6.07) is 10.2. The van der Waals surface area contributed by atoms with Crippen LogP contribution in [0.1, 0.15) is 16.8 Å². The second-order valence-electron chi connectivity index (χ2n) is 7.28. The summed E-state index contributed by atoms with van der Waals surface area (Å²) in [5, 5.41) is 6.03. The van der Waals surface area contributed by atoms with E-state index in [1.165, 1.54) is 30.3 Å². The second-order valence-corrected chi connectivity index (χ2v) is 13.0. The van der Waals surface area contributed by atoms with Gasteiger partial charge in [0.2, 0.25) is 0 Å². The first-order valence-electron chi connectivity index (χ1n) is 10.2. The van der Waals surface area contributed by atoms with Gasteiger partial charge in [0.05, 0.1) is 17.7 Å². The van der Waals surface area contributed by atoms with Gasteiger partial charge in [-0.15, -0.1) is 22.7 Å². The van der Waals surface area contributed by atoms with E-state index in [1.807, 2.05) is 10.8 Å². The SMILES string of the molecule is O=C(NCCCn1ccnc1)c1cc(NS(=O)(=O)c2cccs2)cc(NS(=O)(=O)c2cccs2)c1. The molecule has 0 fully saturated rings. The summed E-state index contributed by atoms with van der Waals surface area (Å²) in [6.45, 7) is 1.02. The van der Waals surface area contributed by atoms with Crippen LogP contribution < -0.4 is 14.8 Å². The van der Waals surface area contributed by atoms with Crippen molar-refractivity contribution in [1.82, 2.24) is 14.9 Å². The quantitative estimate of drug-likeness (QED) is 0.244. The van der Waals surface area contributed by atoms with Gasteiger partial charge in [0.25, 0.3) is 26.0 Å². The zero-order valence-electron chi connectivity index (χ0n) is 18.1. The van der Waals surface area contributed by atoms with Gasteiger partial charge in [-0.2, -0.15) is 0 Å². The molecule has 0 unspecified atom stereocenters. The summed E-state index contributed by atoms with van der Waals surface area (Å²) in [5.74, 6) is -0.468. The van der Waals surface area contributed by atoms with Crippen molar-refractivity contribution in [3.05, 3.63) is 77.5 Å². The highest BCUT2D eigenvalue weighted by Gasteiger charge is 2.20. The van der Waals surface area contributed by atoms with E-state index >= 15 is 0 Å². The minimum Gasteiger partial charge on any atom is -0.352 e. The van der Waals surface area contributed by atoms with E-state index in [1.54, 1.807) is 35.4 Å². The van der Waals surface area contributed by atoms with Crippen molar-refractivity contribution in [2.45, 2.75) is 21.4 Å². The lowest BCUT2D eigenvalue weighted by Gasteiger charge is -2.13. The van der Waals surface area contributed by atoms with Crippen LogP contribution in [0.25, 0.3) is 0 Å². The van der Waals surface area contributed by atoms with E-state index in [-0.39, 0.29) is 25.4 Å². The van der Waals surface area contributed by atoms with Gasteiger partial charge in [-0.3, -0.25) is 14.2 Å². The first-order chi connectivity index (χ1) is 16.7. The number of carbonyl (C=O) groups is 1. The molecule has 4 rings (SSSR count). The van der Waals surface area contributed by atoms with Gasteiger partial charge in [0.15, 0.2) is 0 Å². The number of hydrogen-bond acceptors (Lipinski definition) is 8. The first kappa shape index (κ1) is 24.9. The number of nitrogens with zero attached hydrogens (tertiary/aromatic N) is 2. The van der Waals surface area contributed by atoms with E-state index in [4.69, 9.17) is 0 Å². The van der Waals surface area contributed by atoms with Crippen LogP contribution in [0.15, 0.2) is 80.4 Å². The van der Waals surface area contributed by atoms with Crippen LogP contribution in [0.2, 0.25) is 0 Å². The molecule has 0 bridgehead atoms. The number of aryl methyl sites for hydroxylation is 1. The fourth-order valence-electron chi connectivity index (χ4n) is 3.10. The van der Waals surface area contributed by atoms with Crippen LogP contribution in [0.4, 0.5) is 11.4 Å². The summed E-state index contributed by atoms with van der Waals surface area (Å²) in [7, 11) is -7.82. The smallest absolute Gasteiger partial charge is 0.271 e. The van der Waals surface area contributed by atoms with Crippen molar-refractivity contribution >= 4 is 60.0 Å². The minimum atomic E-state index is -3.91. The van der Waals surface area contributed by atoms with Crippen molar-refractivity contribution in [3.8, 4) is 0 Å². The van der Waals surface area contributed by atoms with E-state index in [0.29, 0.717) is 19.5 Å². The van der Waals surface area contributed by atoms with Crippen molar-refractivity contribution < 1.29 is 21.6 Å². The second kappa shape index (κ2) is 10.6. The van der Waals surface area contributed by atoms with Gasteiger partial charge in [0.1, 0.15) is 8.42 Å². The summed E-state index contributed by atoms with van der Waals surface area (Å²) in [4.78, 5) is 16.8. The number of anilines is 2. The Labute approximate surface area is 210 Å². The fourth-order valence-corrected chi connectivity index (χ4v) is 7.17. The summed E-state index contributed by atoms with van der Waals surface area (Å²) < 4.78 is 57.7. The van der Waals surface area contributed by atoms with Gasteiger partial charge in [-0.05, 0) is 47.5 Å². The lowest BCUT2D eigenvalue weighted by Crippen LogP contribution is -2.25. The number of thiophene rings is 2. The average Bonchev–Trinajstić information content (AvgIpc) is 3.58. The Kier molecular flexibility index (Phi) is 7.54. The molecular formula is C21H21N5O5S4. The van der Waals surface area contributed by atoms with Gasteiger partial charge in [-0.1, -0.05) is 12.1 Å². The molecule has 184 valence electrons. The average molecular weight is 552 g/mol. The predicted molar refractivity (Wildman–Crippen MR) is 136 cm³/mol. The number of aromatic nitrogens is 2.